The zero-order valence-electron chi connectivity index (χ0n) is 10.1. The number of hydrogen-bond donors (Lipinski definition) is 1. The predicted octanol–water partition coefficient (Wildman–Crippen LogP) is 2.73. The Morgan fingerprint density at radius 2 is 1.53 bits per heavy atom. The standard InChI is InChI=1S/C13H19F2NO/c1-12(14,15)11(17)16-13-5-8-2-9(6-13)4-10(3-8)7-13/h8-10H,2-7H2,1H3,(H,16,17). The van der Waals surface area contributed by atoms with E-state index in [0.717, 1.165) is 19.3 Å². The van der Waals surface area contributed by atoms with Gasteiger partial charge >= 0.3 is 5.92 Å². The van der Waals surface area contributed by atoms with Gasteiger partial charge in [0.2, 0.25) is 0 Å². The van der Waals surface area contributed by atoms with Crippen LogP contribution in [0.2, 0.25) is 0 Å². The number of amides is 1. The number of carbonyl (C=O) groups excluding carboxylic acids is 1. The predicted molar refractivity (Wildman–Crippen MR) is 59.7 cm³/mol. The van der Waals surface area contributed by atoms with Gasteiger partial charge < -0.3 is 5.32 Å². The number of nitrogens with one attached hydrogen (secondary N) is 1. The molecule has 0 heterocycles. The summed E-state index contributed by atoms with van der Waals surface area (Å²) < 4.78 is 26.0. The van der Waals surface area contributed by atoms with Crippen LogP contribution in [0.15, 0.2) is 0 Å². The first-order valence-corrected chi connectivity index (χ1v) is 6.57. The maximum atomic E-state index is 13.0. The van der Waals surface area contributed by atoms with Crippen molar-refractivity contribution in [1.29, 1.82) is 0 Å². The Balaban J connectivity index is 1.76. The molecule has 0 saturated heterocycles. The van der Waals surface area contributed by atoms with Crippen LogP contribution < -0.4 is 5.32 Å². The molecule has 4 fully saturated rings. The van der Waals surface area contributed by atoms with Gasteiger partial charge in [-0.05, 0) is 56.3 Å². The minimum Gasteiger partial charge on any atom is -0.345 e. The monoisotopic (exact) mass is 243 g/mol. The second-order valence-electron chi connectivity index (χ2n) is 6.54. The van der Waals surface area contributed by atoms with Crippen molar-refractivity contribution in [3.05, 3.63) is 0 Å². The molecule has 4 bridgehead atoms. The molecule has 0 aromatic carbocycles. The largest absolute Gasteiger partial charge is 0.345 e. The van der Waals surface area contributed by atoms with Crippen molar-refractivity contribution >= 4 is 5.91 Å². The molecule has 4 saturated carbocycles. The summed E-state index contributed by atoms with van der Waals surface area (Å²) in [5.74, 6) is -2.35. The summed E-state index contributed by atoms with van der Waals surface area (Å²) in [4.78, 5) is 11.5. The average molecular weight is 243 g/mol. The van der Waals surface area contributed by atoms with Crippen LogP contribution in [0.5, 0.6) is 0 Å². The van der Waals surface area contributed by atoms with Gasteiger partial charge in [0.15, 0.2) is 0 Å². The first-order valence-electron chi connectivity index (χ1n) is 6.57. The van der Waals surface area contributed by atoms with Gasteiger partial charge in [0.25, 0.3) is 5.91 Å². The van der Waals surface area contributed by atoms with Gasteiger partial charge in [-0.2, -0.15) is 8.78 Å². The summed E-state index contributed by atoms with van der Waals surface area (Å²) in [6.45, 7) is 0.683. The quantitative estimate of drug-likeness (QED) is 0.793. The molecule has 1 amide bonds. The Kier molecular flexibility index (Phi) is 2.30. The van der Waals surface area contributed by atoms with E-state index in [1.807, 2.05) is 0 Å². The number of alkyl halides is 2. The zero-order valence-corrected chi connectivity index (χ0v) is 10.1. The Bertz CT molecular complexity index is 313. The maximum Gasteiger partial charge on any atom is 0.321 e. The van der Waals surface area contributed by atoms with E-state index in [-0.39, 0.29) is 5.54 Å². The Hall–Kier alpha value is -0.670. The fourth-order valence-corrected chi connectivity index (χ4v) is 4.61. The number of halogens is 2. The minimum absolute atomic E-state index is 0.300. The first-order chi connectivity index (χ1) is 7.86. The second kappa shape index (κ2) is 3.42. The van der Waals surface area contributed by atoms with Gasteiger partial charge in [-0.25, -0.2) is 0 Å². The third-order valence-electron chi connectivity index (χ3n) is 4.82. The molecule has 4 aliphatic rings. The molecule has 0 atom stereocenters. The van der Waals surface area contributed by atoms with E-state index in [1.165, 1.54) is 19.3 Å². The lowest BCUT2D eigenvalue weighted by Crippen LogP contribution is -2.61. The Labute approximate surface area is 100 Å². The summed E-state index contributed by atoms with van der Waals surface area (Å²) >= 11 is 0. The van der Waals surface area contributed by atoms with E-state index in [0.29, 0.717) is 24.7 Å². The highest BCUT2D eigenvalue weighted by atomic mass is 19.3. The van der Waals surface area contributed by atoms with Crippen LogP contribution >= 0.6 is 0 Å². The van der Waals surface area contributed by atoms with E-state index in [4.69, 9.17) is 0 Å². The van der Waals surface area contributed by atoms with E-state index >= 15 is 0 Å². The summed E-state index contributed by atoms with van der Waals surface area (Å²) in [5, 5.41) is 2.68. The van der Waals surface area contributed by atoms with Gasteiger partial charge in [-0.1, -0.05) is 0 Å². The van der Waals surface area contributed by atoms with E-state index < -0.39 is 11.8 Å². The number of rotatable bonds is 2. The van der Waals surface area contributed by atoms with Crippen molar-refractivity contribution in [3.63, 3.8) is 0 Å². The Morgan fingerprint density at radius 3 is 1.88 bits per heavy atom. The molecule has 4 aliphatic carbocycles. The smallest absolute Gasteiger partial charge is 0.321 e. The lowest BCUT2D eigenvalue weighted by molar-refractivity contribution is -0.148. The van der Waals surface area contributed by atoms with Crippen molar-refractivity contribution in [2.75, 3.05) is 0 Å². The molecule has 0 spiro atoms. The van der Waals surface area contributed by atoms with Crippen LogP contribution in [0, 0.1) is 17.8 Å². The topological polar surface area (TPSA) is 29.1 Å². The molecule has 4 heteroatoms. The second-order valence-corrected chi connectivity index (χ2v) is 6.54. The fourth-order valence-electron chi connectivity index (χ4n) is 4.61. The Morgan fingerprint density at radius 1 is 1.12 bits per heavy atom. The molecule has 0 aromatic heterocycles. The molecule has 96 valence electrons. The summed E-state index contributed by atoms with van der Waals surface area (Å²) in [6.07, 6.45) is 6.50. The first kappa shape index (κ1) is 11.4. The summed E-state index contributed by atoms with van der Waals surface area (Å²) in [6, 6.07) is 0. The summed E-state index contributed by atoms with van der Waals surface area (Å²) in [7, 11) is 0. The molecular weight excluding hydrogens is 224 g/mol. The van der Waals surface area contributed by atoms with Crippen molar-refractivity contribution in [1.82, 2.24) is 5.32 Å². The van der Waals surface area contributed by atoms with E-state index in [1.54, 1.807) is 0 Å². The lowest BCUT2D eigenvalue weighted by atomic mass is 9.53. The molecule has 1 N–H and O–H groups in total. The van der Waals surface area contributed by atoms with Gasteiger partial charge in [0.05, 0.1) is 0 Å². The van der Waals surface area contributed by atoms with E-state index in [2.05, 4.69) is 5.32 Å². The third-order valence-corrected chi connectivity index (χ3v) is 4.82. The van der Waals surface area contributed by atoms with Crippen LogP contribution in [-0.4, -0.2) is 17.4 Å². The third kappa shape index (κ3) is 1.95. The summed E-state index contributed by atoms with van der Waals surface area (Å²) in [5.41, 5.74) is -0.300. The van der Waals surface area contributed by atoms with Gasteiger partial charge in [-0.15, -0.1) is 0 Å². The highest BCUT2D eigenvalue weighted by Gasteiger charge is 2.52. The molecule has 0 radical (unpaired) electrons. The van der Waals surface area contributed by atoms with Gasteiger partial charge in [-0.3, -0.25) is 4.79 Å². The zero-order chi connectivity index (χ0) is 12.3. The van der Waals surface area contributed by atoms with Crippen LogP contribution in [0.3, 0.4) is 0 Å². The number of carbonyl (C=O) groups is 1. The molecular formula is C13H19F2NO. The number of hydrogen-bond acceptors (Lipinski definition) is 1. The van der Waals surface area contributed by atoms with Crippen molar-refractivity contribution in [2.24, 2.45) is 17.8 Å². The molecule has 0 aromatic rings. The van der Waals surface area contributed by atoms with Crippen LogP contribution in [0.1, 0.15) is 45.4 Å². The van der Waals surface area contributed by atoms with Crippen molar-refractivity contribution in [2.45, 2.75) is 56.9 Å². The van der Waals surface area contributed by atoms with Crippen molar-refractivity contribution in [3.8, 4) is 0 Å². The normalized spacial score (nSPS) is 43.8. The molecule has 0 aliphatic heterocycles. The minimum atomic E-state index is -3.25. The average Bonchev–Trinajstić information content (AvgIpc) is 2.12. The molecule has 0 unspecified atom stereocenters. The van der Waals surface area contributed by atoms with Crippen LogP contribution in [-0.2, 0) is 4.79 Å². The highest BCUT2D eigenvalue weighted by Crippen LogP contribution is 2.55. The maximum absolute atomic E-state index is 13.0. The molecule has 4 rings (SSSR count). The fraction of sp³-hybridized carbons (Fsp3) is 0.923. The van der Waals surface area contributed by atoms with Gasteiger partial charge in [0.1, 0.15) is 0 Å². The van der Waals surface area contributed by atoms with E-state index in [9.17, 15) is 13.6 Å². The lowest BCUT2D eigenvalue weighted by Gasteiger charge is -2.57. The molecule has 17 heavy (non-hydrogen) atoms. The van der Waals surface area contributed by atoms with Crippen LogP contribution in [0.4, 0.5) is 8.78 Å². The molecule has 2 nitrogen and oxygen atoms in total. The highest BCUT2D eigenvalue weighted by molar-refractivity contribution is 5.83. The van der Waals surface area contributed by atoms with Gasteiger partial charge in [0, 0.05) is 12.5 Å². The SMILES string of the molecule is CC(F)(F)C(=O)NC12CC3CC(CC(C3)C1)C2. The van der Waals surface area contributed by atoms with Crippen molar-refractivity contribution < 1.29 is 13.6 Å². The van der Waals surface area contributed by atoms with Crippen LogP contribution in [0.25, 0.3) is 0 Å².